The largest absolute Gasteiger partial charge is 0.382 e. The van der Waals surface area contributed by atoms with Crippen LogP contribution < -0.4 is 11.3 Å². The Morgan fingerprint density at radius 2 is 2.21 bits per heavy atom. The lowest BCUT2D eigenvalue weighted by Gasteiger charge is -2.14. The smallest absolute Gasteiger partial charge is 0.115 e. The van der Waals surface area contributed by atoms with Crippen molar-refractivity contribution in [3.8, 4) is 0 Å². The molecule has 5 nitrogen and oxygen atoms in total. The van der Waals surface area contributed by atoms with E-state index in [0.29, 0.717) is 6.61 Å². The Morgan fingerprint density at radius 1 is 1.50 bits per heavy atom. The quantitative estimate of drug-likeness (QED) is 0.391. The van der Waals surface area contributed by atoms with Crippen molar-refractivity contribution >= 4 is 0 Å². The fourth-order valence-electron chi connectivity index (χ4n) is 1.18. The molecule has 0 amide bonds. The van der Waals surface area contributed by atoms with Crippen LogP contribution in [0.5, 0.6) is 0 Å². The lowest BCUT2D eigenvalue weighted by Crippen LogP contribution is -2.29. The van der Waals surface area contributed by atoms with E-state index in [-0.39, 0.29) is 6.04 Å². The second-order valence-electron chi connectivity index (χ2n) is 2.88. The van der Waals surface area contributed by atoms with Crippen LogP contribution in [-0.4, -0.2) is 23.2 Å². The van der Waals surface area contributed by atoms with E-state index < -0.39 is 0 Å². The van der Waals surface area contributed by atoms with Crippen LogP contribution in [0.2, 0.25) is 0 Å². The zero-order valence-corrected chi connectivity index (χ0v) is 8.31. The lowest BCUT2D eigenvalue weighted by molar-refractivity contribution is 0.136. The van der Waals surface area contributed by atoms with Crippen molar-refractivity contribution in [2.45, 2.75) is 19.4 Å². The van der Waals surface area contributed by atoms with Crippen LogP contribution in [0.3, 0.4) is 0 Å². The van der Waals surface area contributed by atoms with Gasteiger partial charge in [-0.2, -0.15) is 0 Å². The molecule has 0 aliphatic rings. The summed E-state index contributed by atoms with van der Waals surface area (Å²) in [4.78, 5) is 7.87. The Hall–Kier alpha value is -1.04. The second kappa shape index (κ2) is 6.42. The number of hydrazine groups is 1. The summed E-state index contributed by atoms with van der Waals surface area (Å²) in [5, 5.41) is 0. The van der Waals surface area contributed by atoms with Crippen molar-refractivity contribution in [2.75, 3.05) is 13.2 Å². The molecule has 5 heteroatoms. The Balaban J connectivity index is 2.46. The van der Waals surface area contributed by atoms with Gasteiger partial charge in [-0.05, 0) is 13.3 Å². The molecule has 0 aliphatic heterocycles. The summed E-state index contributed by atoms with van der Waals surface area (Å²) < 4.78 is 5.25. The molecule has 0 saturated heterocycles. The van der Waals surface area contributed by atoms with Gasteiger partial charge in [0.25, 0.3) is 0 Å². The summed E-state index contributed by atoms with van der Waals surface area (Å²) in [6.07, 6.45) is 5.82. The van der Waals surface area contributed by atoms with E-state index in [9.17, 15) is 0 Å². The minimum absolute atomic E-state index is 0.0581. The first-order valence-corrected chi connectivity index (χ1v) is 4.67. The normalized spacial score (nSPS) is 12.7. The van der Waals surface area contributed by atoms with Crippen LogP contribution in [0.25, 0.3) is 0 Å². The highest BCUT2D eigenvalue weighted by Gasteiger charge is 2.09. The van der Waals surface area contributed by atoms with Crippen LogP contribution in [-0.2, 0) is 4.74 Å². The monoisotopic (exact) mass is 196 g/mol. The van der Waals surface area contributed by atoms with Crippen LogP contribution in [0.15, 0.2) is 18.7 Å². The number of ether oxygens (including phenoxy) is 1. The molecule has 1 aromatic rings. The standard InChI is InChI=1S/C9H16N4O/c1-2-14-4-3-9(13-10)8-5-11-7-12-6-8/h5-7,9,13H,2-4,10H2,1H3. The highest BCUT2D eigenvalue weighted by Crippen LogP contribution is 2.12. The fraction of sp³-hybridized carbons (Fsp3) is 0.556. The fourth-order valence-corrected chi connectivity index (χ4v) is 1.18. The van der Waals surface area contributed by atoms with Gasteiger partial charge in [-0.15, -0.1) is 0 Å². The van der Waals surface area contributed by atoms with Gasteiger partial charge in [0.2, 0.25) is 0 Å². The van der Waals surface area contributed by atoms with Crippen molar-refractivity contribution in [3.05, 3.63) is 24.3 Å². The molecule has 1 aromatic heterocycles. The number of aromatic nitrogens is 2. The average Bonchev–Trinajstić information content (AvgIpc) is 2.26. The molecule has 0 spiro atoms. The highest BCUT2D eigenvalue weighted by atomic mass is 16.5. The Bertz CT molecular complexity index is 242. The van der Waals surface area contributed by atoms with Crippen LogP contribution >= 0.6 is 0 Å². The maximum Gasteiger partial charge on any atom is 0.115 e. The molecule has 1 atom stereocenters. The summed E-state index contributed by atoms with van der Waals surface area (Å²) in [6, 6.07) is 0.0581. The number of nitrogens with two attached hydrogens (primary N) is 1. The third-order valence-corrected chi connectivity index (χ3v) is 1.94. The average molecular weight is 196 g/mol. The summed E-state index contributed by atoms with van der Waals surface area (Å²) in [7, 11) is 0. The molecule has 1 unspecified atom stereocenters. The van der Waals surface area contributed by atoms with E-state index in [1.54, 1.807) is 12.4 Å². The first kappa shape index (κ1) is 11.0. The van der Waals surface area contributed by atoms with E-state index in [0.717, 1.165) is 18.6 Å². The molecule has 1 rings (SSSR count). The van der Waals surface area contributed by atoms with Gasteiger partial charge in [0.1, 0.15) is 6.33 Å². The van der Waals surface area contributed by atoms with E-state index in [4.69, 9.17) is 10.6 Å². The minimum atomic E-state index is 0.0581. The molecular formula is C9H16N4O. The molecule has 0 saturated carbocycles. The van der Waals surface area contributed by atoms with Crippen LogP contribution in [0, 0.1) is 0 Å². The highest BCUT2D eigenvalue weighted by molar-refractivity contribution is 5.08. The van der Waals surface area contributed by atoms with Crippen LogP contribution in [0.4, 0.5) is 0 Å². The number of hydrogen-bond donors (Lipinski definition) is 2. The Labute approximate surface area is 83.7 Å². The van der Waals surface area contributed by atoms with E-state index >= 15 is 0 Å². The summed E-state index contributed by atoms with van der Waals surface area (Å²) in [5.74, 6) is 5.43. The minimum Gasteiger partial charge on any atom is -0.382 e. The van der Waals surface area contributed by atoms with Gasteiger partial charge in [0.05, 0.1) is 6.04 Å². The summed E-state index contributed by atoms with van der Waals surface area (Å²) in [5.41, 5.74) is 3.70. The molecule has 14 heavy (non-hydrogen) atoms. The zero-order chi connectivity index (χ0) is 10.2. The summed E-state index contributed by atoms with van der Waals surface area (Å²) >= 11 is 0. The zero-order valence-electron chi connectivity index (χ0n) is 8.31. The van der Waals surface area contributed by atoms with Gasteiger partial charge in [-0.3, -0.25) is 11.3 Å². The van der Waals surface area contributed by atoms with Crippen molar-refractivity contribution in [2.24, 2.45) is 5.84 Å². The maximum atomic E-state index is 5.43. The Kier molecular flexibility index (Phi) is 5.06. The molecular weight excluding hydrogens is 180 g/mol. The molecule has 0 aliphatic carbocycles. The van der Waals surface area contributed by atoms with Crippen LogP contribution in [0.1, 0.15) is 24.9 Å². The van der Waals surface area contributed by atoms with E-state index in [1.165, 1.54) is 6.33 Å². The van der Waals surface area contributed by atoms with E-state index in [1.807, 2.05) is 6.92 Å². The number of nitrogens with zero attached hydrogens (tertiary/aromatic N) is 2. The van der Waals surface area contributed by atoms with Crippen molar-refractivity contribution in [1.29, 1.82) is 0 Å². The van der Waals surface area contributed by atoms with Crippen molar-refractivity contribution < 1.29 is 4.74 Å². The van der Waals surface area contributed by atoms with Gasteiger partial charge in [-0.1, -0.05) is 0 Å². The molecule has 0 bridgehead atoms. The molecule has 78 valence electrons. The topological polar surface area (TPSA) is 73.1 Å². The van der Waals surface area contributed by atoms with E-state index in [2.05, 4.69) is 15.4 Å². The van der Waals surface area contributed by atoms with Crippen molar-refractivity contribution in [1.82, 2.24) is 15.4 Å². The summed E-state index contributed by atoms with van der Waals surface area (Å²) in [6.45, 7) is 3.37. The maximum absolute atomic E-state index is 5.43. The first-order chi connectivity index (χ1) is 6.88. The van der Waals surface area contributed by atoms with Crippen molar-refractivity contribution in [3.63, 3.8) is 0 Å². The van der Waals surface area contributed by atoms with Gasteiger partial charge in [0.15, 0.2) is 0 Å². The SMILES string of the molecule is CCOCCC(NN)c1cncnc1. The third-order valence-electron chi connectivity index (χ3n) is 1.94. The molecule has 3 N–H and O–H groups in total. The number of nitrogens with one attached hydrogen (secondary N) is 1. The first-order valence-electron chi connectivity index (χ1n) is 4.67. The molecule has 0 aromatic carbocycles. The van der Waals surface area contributed by atoms with Gasteiger partial charge >= 0.3 is 0 Å². The Morgan fingerprint density at radius 3 is 2.79 bits per heavy atom. The predicted octanol–water partition coefficient (Wildman–Crippen LogP) is 0.408. The van der Waals surface area contributed by atoms with Gasteiger partial charge < -0.3 is 4.74 Å². The predicted molar refractivity (Wildman–Crippen MR) is 53.2 cm³/mol. The number of hydrogen-bond acceptors (Lipinski definition) is 5. The molecule has 1 heterocycles. The third kappa shape index (κ3) is 3.37. The molecule has 0 radical (unpaired) electrons. The van der Waals surface area contributed by atoms with Gasteiger partial charge in [0, 0.05) is 31.2 Å². The molecule has 0 fully saturated rings. The second-order valence-corrected chi connectivity index (χ2v) is 2.88. The lowest BCUT2D eigenvalue weighted by atomic mass is 10.1. The van der Waals surface area contributed by atoms with Gasteiger partial charge in [-0.25, -0.2) is 9.97 Å². The number of rotatable bonds is 6.